The Hall–Kier alpha value is -3.32. The molecule has 0 aliphatic carbocycles. The molecule has 4 nitrogen and oxygen atoms in total. The number of alkyl halides is 3. The number of likely N-dealkylation sites (N-methyl/N-ethyl adjacent to an activating group) is 1. The highest BCUT2D eigenvalue weighted by Crippen LogP contribution is 2.35. The summed E-state index contributed by atoms with van der Waals surface area (Å²) in [6.45, 7) is 6.81. The number of fused-ring (bicyclic) bond motifs is 1. The van der Waals surface area contributed by atoms with Crippen molar-refractivity contribution >= 4 is 11.0 Å². The van der Waals surface area contributed by atoms with E-state index in [1.807, 2.05) is 80.7 Å². The number of aryl methyl sites for hydroxylation is 2. The van der Waals surface area contributed by atoms with Crippen LogP contribution in [0.2, 0.25) is 0 Å². The van der Waals surface area contributed by atoms with Crippen LogP contribution in [0, 0.1) is 13.8 Å². The molecule has 0 radical (unpaired) electrons. The summed E-state index contributed by atoms with van der Waals surface area (Å²) < 4.78 is 49.3. The predicted molar refractivity (Wildman–Crippen MR) is 134 cm³/mol. The zero-order valence-electron chi connectivity index (χ0n) is 20.6. The van der Waals surface area contributed by atoms with Gasteiger partial charge in [0.2, 0.25) is 0 Å². The first-order chi connectivity index (χ1) is 16.5. The zero-order valence-corrected chi connectivity index (χ0v) is 20.6. The molecular formula is C28H30F3N3O. The molecule has 0 spiro atoms. The van der Waals surface area contributed by atoms with Gasteiger partial charge in [0.25, 0.3) is 0 Å². The molecule has 1 atom stereocenters. The second-order valence-corrected chi connectivity index (χ2v) is 9.32. The minimum Gasteiger partial charge on any atom is -0.489 e. The van der Waals surface area contributed by atoms with Crippen LogP contribution in [0.25, 0.3) is 22.4 Å². The average molecular weight is 482 g/mol. The number of hydrogen-bond acceptors (Lipinski definition) is 3. The molecule has 35 heavy (non-hydrogen) atoms. The number of rotatable bonds is 7. The first-order valence-corrected chi connectivity index (χ1v) is 11.6. The van der Waals surface area contributed by atoms with Crippen molar-refractivity contribution in [2.75, 3.05) is 20.6 Å². The summed E-state index contributed by atoms with van der Waals surface area (Å²) in [4.78, 5) is 6.87. The van der Waals surface area contributed by atoms with Gasteiger partial charge in [0.1, 0.15) is 17.7 Å². The molecule has 4 rings (SSSR count). The molecule has 0 fully saturated rings. The normalized spacial score (nSPS) is 12.9. The molecular weight excluding hydrogens is 451 g/mol. The summed E-state index contributed by atoms with van der Waals surface area (Å²) in [7, 11) is 3.96. The highest BCUT2D eigenvalue weighted by molar-refractivity contribution is 5.82. The molecule has 184 valence electrons. The van der Waals surface area contributed by atoms with Crippen molar-refractivity contribution in [2.24, 2.45) is 0 Å². The largest absolute Gasteiger partial charge is 0.489 e. The highest BCUT2D eigenvalue weighted by Gasteiger charge is 2.33. The maximum Gasteiger partial charge on any atom is 0.416 e. The number of nitrogens with zero attached hydrogens (tertiary/aromatic N) is 3. The Balaban J connectivity index is 1.86. The van der Waals surface area contributed by atoms with Crippen molar-refractivity contribution in [1.29, 1.82) is 0 Å². The van der Waals surface area contributed by atoms with Crippen molar-refractivity contribution in [2.45, 2.75) is 39.6 Å². The maximum atomic E-state index is 13.8. The number of imidazole rings is 1. The van der Waals surface area contributed by atoms with E-state index in [-0.39, 0.29) is 18.2 Å². The number of ether oxygens (including phenoxy) is 1. The van der Waals surface area contributed by atoms with Crippen molar-refractivity contribution in [3.05, 3.63) is 82.9 Å². The lowest BCUT2D eigenvalue weighted by Crippen LogP contribution is -2.27. The third-order valence-electron chi connectivity index (χ3n) is 6.10. The number of benzene rings is 3. The predicted octanol–water partition coefficient (Wildman–Crippen LogP) is 6.72. The standard InChI is InChI=1S/C28H30F3N3O/c1-18-10-11-21(14-19(18)2)27-32-25-13-12-23(35-20(3)16-33(4)5)15-26(25)34(27)17-22-8-6-7-9-24(22)28(29,30)31/h6-15,20H,16-17H2,1-5H3. The summed E-state index contributed by atoms with van der Waals surface area (Å²) in [5.74, 6) is 1.28. The van der Waals surface area contributed by atoms with E-state index in [0.29, 0.717) is 17.1 Å². The Morgan fingerprint density at radius 1 is 0.971 bits per heavy atom. The van der Waals surface area contributed by atoms with E-state index in [0.717, 1.165) is 34.8 Å². The Kier molecular flexibility index (Phi) is 6.90. The molecule has 0 aliphatic heterocycles. The van der Waals surface area contributed by atoms with Crippen LogP contribution in [-0.4, -0.2) is 41.2 Å². The van der Waals surface area contributed by atoms with Gasteiger partial charge in [0.15, 0.2) is 0 Å². The Morgan fingerprint density at radius 2 is 1.71 bits per heavy atom. The van der Waals surface area contributed by atoms with Gasteiger partial charge in [-0.15, -0.1) is 0 Å². The first-order valence-electron chi connectivity index (χ1n) is 11.6. The molecule has 0 N–H and O–H groups in total. The molecule has 7 heteroatoms. The summed E-state index contributed by atoms with van der Waals surface area (Å²) in [5, 5.41) is 0. The van der Waals surface area contributed by atoms with Crippen molar-refractivity contribution < 1.29 is 17.9 Å². The van der Waals surface area contributed by atoms with Gasteiger partial charge < -0.3 is 14.2 Å². The molecule has 4 aromatic rings. The van der Waals surface area contributed by atoms with Crippen LogP contribution < -0.4 is 4.74 Å². The van der Waals surface area contributed by atoms with E-state index < -0.39 is 11.7 Å². The lowest BCUT2D eigenvalue weighted by atomic mass is 10.0. The van der Waals surface area contributed by atoms with Gasteiger partial charge >= 0.3 is 6.18 Å². The van der Waals surface area contributed by atoms with Crippen LogP contribution in [-0.2, 0) is 12.7 Å². The van der Waals surface area contributed by atoms with Gasteiger partial charge in [-0.3, -0.25) is 0 Å². The van der Waals surface area contributed by atoms with Crippen LogP contribution >= 0.6 is 0 Å². The molecule has 1 heterocycles. The van der Waals surface area contributed by atoms with Gasteiger partial charge in [0.05, 0.1) is 23.1 Å². The molecule has 0 aliphatic rings. The highest BCUT2D eigenvalue weighted by atomic mass is 19.4. The fourth-order valence-corrected chi connectivity index (χ4v) is 4.33. The van der Waals surface area contributed by atoms with Crippen molar-refractivity contribution in [3.8, 4) is 17.1 Å². The summed E-state index contributed by atoms with van der Waals surface area (Å²) >= 11 is 0. The smallest absolute Gasteiger partial charge is 0.416 e. The number of halogens is 3. The van der Waals surface area contributed by atoms with Gasteiger partial charge in [-0.05, 0) is 75.8 Å². The lowest BCUT2D eigenvalue weighted by Gasteiger charge is -2.19. The molecule has 0 bridgehead atoms. The second-order valence-electron chi connectivity index (χ2n) is 9.32. The van der Waals surface area contributed by atoms with E-state index in [9.17, 15) is 13.2 Å². The summed E-state index contributed by atoms with van der Waals surface area (Å²) in [5.41, 5.74) is 4.08. The summed E-state index contributed by atoms with van der Waals surface area (Å²) in [6.07, 6.45) is -4.49. The minimum atomic E-state index is -4.44. The Bertz CT molecular complexity index is 1340. The lowest BCUT2D eigenvalue weighted by molar-refractivity contribution is -0.138. The SMILES string of the molecule is Cc1ccc(-c2nc3ccc(OC(C)CN(C)C)cc3n2Cc2ccccc2C(F)(F)F)cc1C. The quantitative estimate of drug-likeness (QED) is 0.294. The van der Waals surface area contributed by atoms with Gasteiger partial charge in [0, 0.05) is 18.2 Å². The molecule has 1 aromatic heterocycles. The van der Waals surface area contributed by atoms with Crippen molar-refractivity contribution in [3.63, 3.8) is 0 Å². The van der Waals surface area contributed by atoms with E-state index in [1.54, 1.807) is 6.07 Å². The first kappa shape index (κ1) is 24.8. The third-order valence-corrected chi connectivity index (χ3v) is 6.10. The van der Waals surface area contributed by atoms with Crippen LogP contribution in [0.5, 0.6) is 5.75 Å². The van der Waals surface area contributed by atoms with Gasteiger partial charge in [-0.25, -0.2) is 4.98 Å². The fraction of sp³-hybridized carbons (Fsp3) is 0.321. The summed E-state index contributed by atoms with van der Waals surface area (Å²) in [6, 6.07) is 17.3. The Morgan fingerprint density at radius 3 is 2.40 bits per heavy atom. The average Bonchev–Trinajstić information content (AvgIpc) is 3.12. The van der Waals surface area contributed by atoms with Crippen LogP contribution in [0.3, 0.4) is 0 Å². The minimum absolute atomic E-state index is 0.0329. The van der Waals surface area contributed by atoms with Crippen molar-refractivity contribution in [1.82, 2.24) is 14.5 Å². The van der Waals surface area contributed by atoms with E-state index in [1.165, 1.54) is 12.1 Å². The molecule has 3 aromatic carbocycles. The molecule has 0 amide bonds. The zero-order chi connectivity index (χ0) is 25.3. The third kappa shape index (κ3) is 5.51. The monoisotopic (exact) mass is 481 g/mol. The second kappa shape index (κ2) is 9.74. The maximum absolute atomic E-state index is 13.8. The van der Waals surface area contributed by atoms with Crippen LogP contribution in [0.4, 0.5) is 13.2 Å². The van der Waals surface area contributed by atoms with Gasteiger partial charge in [-0.2, -0.15) is 13.2 Å². The molecule has 0 saturated heterocycles. The number of hydrogen-bond donors (Lipinski definition) is 0. The number of aromatic nitrogens is 2. The molecule has 1 unspecified atom stereocenters. The van der Waals surface area contributed by atoms with Crippen LogP contribution in [0.15, 0.2) is 60.7 Å². The topological polar surface area (TPSA) is 30.3 Å². The van der Waals surface area contributed by atoms with E-state index >= 15 is 0 Å². The van der Waals surface area contributed by atoms with E-state index in [2.05, 4.69) is 0 Å². The van der Waals surface area contributed by atoms with Crippen LogP contribution in [0.1, 0.15) is 29.2 Å². The Labute approximate surface area is 204 Å². The van der Waals surface area contributed by atoms with Gasteiger partial charge in [-0.1, -0.05) is 30.3 Å². The van der Waals surface area contributed by atoms with E-state index in [4.69, 9.17) is 9.72 Å². The molecule has 0 saturated carbocycles. The fourth-order valence-electron chi connectivity index (χ4n) is 4.33.